The molecule has 2 aromatic carbocycles. The number of ether oxygens (including phenoxy) is 2. The summed E-state index contributed by atoms with van der Waals surface area (Å²) >= 11 is 7.34. The number of halogens is 1. The van der Waals surface area contributed by atoms with Crippen molar-refractivity contribution in [2.45, 2.75) is 32.8 Å². The maximum atomic E-state index is 12.1. The molecule has 0 atom stereocenters. The number of hydrogen-bond donors (Lipinski definition) is 1. The summed E-state index contributed by atoms with van der Waals surface area (Å²) < 4.78 is 13.2. The highest BCUT2D eigenvalue weighted by Crippen LogP contribution is 2.41. The summed E-state index contributed by atoms with van der Waals surface area (Å²) in [5.41, 5.74) is 2.59. The molecular weight excluding hydrogens is 410 g/mol. The van der Waals surface area contributed by atoms with Gasteiger partial charge >= 0.3 is 6.09 Å². The average Bonchev–Trinajstić information content (AvgIpc) is 2.96. The molecule has 0 aromatic heterocycles. The van der Waals surface area contributed by atoms with Crippen LogP contribution in [-0.4, -0.2) is 35.3 Å². The van der Waals surface area contributed by atoms with Crippen molar-refractivity contribution in [3.63, 3.8) is 0 Å². The number of aryl methyl sites for hydroxylation is 1. The van der Waals surface area contributed by atoms with Crippen LogP contribution in [-0.2, 0) is 6.42 Å². The third kappa shape index (κ3) is 5.81. The van der Waals surface area contributed by atoms with Gasteiger partial charge in [0.2, 0.25) is 0 Å². The predicted molar refractivity (Wildman–Crippen MR) is 119 cm³/mol. The van der Waals surface area contributed by atoms with Gasteiger partial charge in [0.05, 0.1) is 11.6 Å². The summed E-state index contributed by atoms with van der Waals surface area (Å²) in [4.78, 5) is 16.6. The summed E-state index contributed by atoms with van der Waals surface area (Å²) in [6.45, 7) is 5.97. The molecule has 1 N–H and O–H groups in total. The molecule has 0 fully saturated rings. The van der Waals surface area contributed by atoms with Gasteiger partial charge in [0.1, 0.15) is 11.9 Å². The zero-order valence-corrected chi connectivity index (χ0v) is 18.4. The Labute approximate surface area is 180 Å². The van der Waals surface area contributed by atoms with E-state index in [2.05, 4.69) is 10.3 Å². The van der Waals surface area contributed by atoms with Crippen LogP contribution < -0.4 is 14.8 Å². The summed E-state index contributed by atoms with van der Waals surface area (Å²) in [5.74, 6) is 1.41. The molecule has 0 bridgehead atoms. The number of hydrogen-bond acceptors (Lipinski definition) is 5. The van der Waals surface area contributed by atoms with Crippen LogP contribution in [0.25, 0.3) is 0 Å². The Kier molecular flexibility index (Phi) is 6.59. The molecule has 1 heterocycles. The predicted octanol–water partition coefficient (Wildman–Crippen LogP) is 5.35. The fourth-order valence-electron chi connectivity index (χ4n) is 2.94. The Morgan fingerprint density at radius 1 is 1.41 bits per heavy atom. The summed E-state index contributed by atoms with van der Waals surface area (Å²) in [6.07, 6.45) is 1.94. The van der Waals surface area contributed by atoms with Crippen molar-refractivity contribution in [3.8, 4) is 11.5 Å². The number of carbonyl (C=O) groups excluding carboxylic acids is 1. The van der Waals surface area contributed by atoms with Gasteiger partial charge in [-0.2, -0.15) is 0 Å². The van der Waals surface area contributed by atoms with Gasteiger partial charge in [-0.3, -0.25) is 0 Å². The largest absolute Gasteiger partial charge is 0.483 e. The minimum absolute atomic E-state index is 0.293. The van der Waals surface area contributed by atoms with Gasteiger partial charge in [-0.15, -0.1) is 0 Å². The zero-order chi connectivity index (χ0) is 21.0. The van der Waals surface area contributed by atoms with E-state index in [1.54, 1.807) is 22.8 Å². The van der Waals surface area contributed by atoms with E-state index in [-0.39, 0.29) is 5.60 Å². The van der Waals surface area contributed by atoms with E-state index in [0.29, 0.717) is 22.4 Å². The Bertz CT molecular complexity index is 933. The van der Waals surface area contributed by atoms with Gasteiger partial charge in [0, 0.05) is 24.1 Å². The van der Waals surface area contributed by atoms with Crippen LogP contribution >= 0.6 is 23.5 Å². The van der Waals surface area contributed by atoms with Crippen LogP contribution in [0.4, 0.5) is 10.5 Å². The highest BCUT2D eigenvalue weighted by Gasteiger charge is 2.32. The maximum absolute atomic E-state index is 12.1. The van der Waals surface area contributed by atoms with Gasteiger partial charge in [-0.1, -0.05) is 23.7 Å². The number of benzene rings is 2. The molecule has 154 valence electrons. The summed E-state index contributed by atoms with van der Waals surface area (Å²) in [5, 5.41) is 3.40. The molecule has 0 radical (unpaired) electrons. The standard InChI is InChI=1S/C21H24ClN3O3S/c1-14-10-16(22)8-9-17(14)23-12-25(4)29-13-24-20(26)27-18-7-5-6-15-11-21(2,3)28-19(15)18/h5-10,12H,11,13H2,1-4H3,(H,24,26). The van der Waals surface area contributed by atoms with E-state index >= 15 is 0 Å². The second-order valence-corrected chi connectivity index (χ2v) is 8.90. The quantitative estimate of drug-likeness (QED) is 0.288. The fourth-order valence-corrected chi connectivity index (χ4v) is 3.66. The normalized spacial score (nSPS) is 14.4. The van der Waals surface area contributed by atoms with Crippen LogP contribution in [0, 0.1) is 6.92 Å². The Morgan fingerprint density at radius 3 is 2.97 bits per heavy atom. The molecular formula is C21H24ClN3O3S. The number of nitrogens with one attached hydrogen (secondary N) is 1. The summed E-state index contributed by atoms with van der Waals surface area (Å²) in [6, 6.07) is 11.1. The minimum atomic E-state index is -0.530. The van der Waals surface area contributed by atoms with E-state index in [9.17, 15) is 4.79 Å². The second kappa shape index (κ2) is 8.97. The first-order chi connectivity index (χ1) is 13.7. The maximum Gasteiger partial charge on any atom is 0.413 e. The number of carbonyl (C=O) groups is 1. The molecule has 0 saturated carbocycles. The first-order valence-electron chi connectivity index (χ1n) is 9.16. The van der Waals surface area contributed by atoms with E-state index in [4.69, 9.17) is 21.1 Å². The molecule has 3 rings (SSSR count). The Hall–Kier alpha value is -2.38. The lowest BCUT2D eigenvalue weighted by molar-refractivity contribution is 0.133. The van der Waals surface area contributed by atoms with Crippen molar-refractivity contribution >= 4 is 41.7 Å². The third-order valence-electron chi connectivity index (χ3n) is 4.26. The van der Waals surface area contributed by atoms with Gasteiger partial charge in [0.15, 0.2) is 11.5 Å². The highest BCUT2D eigenvalue weighted by atomic mass is 35.5. The van der Waals surface area contributed by atoms with Crippen molar-refractivity contribution in [1.82, 2.24) is 9.62 Å². The molecule has 6 nitrogen and oxygen atoms in total. The smallest absolute Gasteiger partial charge is 0.413 e. The van der Waals surface area contributed by atoms with Gasteiger partial charge in [-0.25, -0.2) is 9.79 Å². The lowest BCUT2D eigenvalue weighted by atomic mass is 10.0. The molecule has 0 saturated heterocycles. The minimum Gasteiger partial charge on any atom is -0.483 e. The first-order valence-corrected chi connectivity index (χ1v) is 10.5. The van der Waals surface area contributed by atoms with Crippen LogP contribution in [0.15, 0.2) is 41.4 Å². The Morgan fingerprint density at radius 2 is 2.21 bits per heavy atom. The van der Waals surface area contributed by atoms with Gasteiger partial charge in [-0.05, 0) is 62.5 Å². The van der Waals surface area contributed by atoms with Crippen molar-refractivity contribution in [2.24, 2.45) is 4.99 Å². The van der Waals surface area contributed by atoms with Gasteiger partial charge < -0.3 is 19.1 Å². The second-order valence-electron chi connectivity index (χ2n) is 7.34. The molecule has 1 aliphatic heterocycles. The highest BCUT2D eigenvalue weighted by molar-refractivity contribution is 7.97. The lowest BCUT2D eigenvalue weighted by Crippen LogP contribution is -2.28. The van der Waals surface area contributed by atoms with E-state index < -0.39 is 6.09 Å². The number of amides is 1. The van der Waals surface area contributed by atoms with Crippen molar-refractivity contribution < 1.29 is 14.3 Å². The third-order valence-corrected chi connectivity index (χ3v) is 5.27. The van der Waals surface area contributed by atoms with Crippen LogP contribution in [0.1, 0.15) is 25.0 Å². The molecule has 1 aliphatic rings. The van der Waals surface area contributed by atoms with Crippen LogP contribution in [0.3, 0.4) is 0 Å². The first kappa shape index (κ1) is 21.3. The Balaban J connectivity index is 1.47. The van der Waals surface area contributed by atoms with E-state index in [1.807, 2.05) is 52.1 Å². The monoisotopic (exact) mass is 433 g/mol. The number of fused-ring (bicyclic) bond motifs is 1. The van der Waals surface area contributed by atoms with Crippen LogP contribution in [0.2, 0.25) is 5.02 Å². The fraction of sp³-hybridized carbons (Fsp3) is 0.333. The molecule has 0 unspecified atom stereocenters. The number of para-hydroxylation sites is 1. The topological polar surface area (TPSA) is 63.2 Å². The van der Waals surface area contributed by atoms with Gasteiger partial charge in [0.25, 0.3) is 0 Å². The molecule has 0 aliphatic carbocycles. The average molecular weight is 434 g/mol. The SMILES string of the molecule is Cc1cc(Cl)ccc1N=CN(C)SCNC(=O)Oc1cccc2c1OC(C)(C)C2. The number of nitrogens with zero attached hydrogens (tertiary/aromatic N) is 2. The van der Waals surface area contributed by atoms with E-state index in [0.717, 1.165) is 23.2 Å². The van der Waals surface area contributed by atoms with Crippen LogP contribution in [0.5, 0.6) is 11.5 Å². The number of aliphatic imine (C=N–C) groups is 1. The van der Waals surface area contributed by atoms with E-state index in [1.165, 1.54) is 11.9 Å². The summed E-state index contributed by atoms with van der Waals surface area (Å²) in [7, 11) is 1.85. The van der Waals surface area contributed by atoms with Crippen molar-refractivity contribution in [3.05, 3.63) is 52.5 Å². The van der Waals surface area contributed by atoms with Crippen molar-refractivity contribution in [1.29, 1.82) is 0 Å². The lowest BCUT2D eigenvalue weighted by Gasteiger charge is -2.18. The molecule has 29 heavy (non-hydrogen) atoms. The molecule has 8 heteroatoms. The number of rotatable bonds is 6. The molecule has 2 aromatic rings. The molecule has 0 spiro atoms. The molecule has 1 amide bonds. The van der Waals surface area contributed by atoms with Crippen molar-refractivity contribution in [2.75, 3.05) is 12.9 Å². The zero-order valence-electron chi connectivity index (χ0n) is 16.9.